The molecule has 0 amide bonds. The summed E-state index contributed by atoms with van der Waals surface area (Å²) in [6.45, 7) is 1.83. The molecule has 0 aliphatic heterocycles. The number of aryl methyl sites for hydroxylation is 1. The van der Waals surface area contributed by atoms with E-state index in [-0.39, 0.29) is 5.78 Å². The number of thiazole rings is 1. The van der Waals surface area contributed by atoms with Crippen LogP contribution in [0, 0.1) is 6.92 Å². The summed E-state index contributed by atoms with van der Waals surface area (Å²) in [4.78, 5) is 21.6. The van der Waals surface area contributed by atoms with Gasteiger partial charge in [-0.3, -0.25) is 9.78 Å². The first kappa shape index (κ1) is 16.8. The first-order chi connectivity index (χ1) is 11.5. The lowest BCUT2D eigenvalue weighted by Crippen LogP contribution is -1.93. The number of hydrogen-bond acceptors (Lipinski definition) is 4. The van der Waals surface area contributed by atoms with E-state index in [9.17, 15) is 4.79 Å². The van der Waals surface area contributed by atoms with Gasteiger partial charge in [0, 0.05) is 28.0 Å². The Morgan fingerprint density at radius 3 is 2.79 bits per heavy atom. The maximum absolute atomic E-state index is 12.5. The highest BCUT2D eigenvalue weighted by atomic mass is 35.5. The van der Waals surface area contributed by atoms with E-state index in [4.69, 9.17) is 23.2 Å². The van der Waals surface area contributed by atoms with Crippen molar-refractivity contribution in [2.24, 2.45) is 0 Å². The normalized spacial score (nSPS) is 11.1. The van der Waals surface area contributed by atoms with Gasteiger partial charge in [0.2, 0.25) is 0 Å². The van der Waals surface area contributed by atoms with Crippen LogP contribution in [0.15, 0.2) is 48.8 Å². The second-order valence-electron chi connectivity index (χ2n) is 5.04. The number of allylic oxidation sites excluding steroid dienone is 1. The van der Waals surface area contributed by atoms with Gasteiger partial charge < -0.3 is 0 Å². The number of rotatable bonds is 4. The first-order valence-corrected chi connectivity index (χ1v) is 8.67. The maximum Gasteiger partial charge on any atom is 0.197 e. The number of halogens is 2. The van der Waals surface area contributed by atoms with Crippen LogP contribution in [0.1, 0.15) is 20.9 Å². The van der Waals surface area contributed by atoms with Crippen LogP contribution in [0.4, 0.5) is 0 Å². The summed E-state index contributed by atoms with van der Waals surface area (Å²) in [7, 11) is 0. The molecule has 0 saturated carbocycles. The van der Waals surface area contributed by atoms with Gasteiger partial charge in [0.1, 0.15) is 5.01 Å². The van der Waals surface area contributed by atoms with Crippen LogP contribution in [0.5, 0.6) is 0 Å². The van der Waals surface area contributed by atoms with Gasteiger partial charge in [-0.1, -0.05) is 29.3 Å². The van der Waals surface area contributed by atoms with Gasteiger partial charge in [-0.25, -0.2) is 4.98 Å². The minimum Gasteiger partial charge on any atom is -0.288 e. The minimum atomic E-state index is -0.105. The summed E-state index contributed by atoms with van der Waals surface area (Å²) in [6.07, 6.45) is 6.62. The lowest BCUT2D eigenvalue weighted by Gasteiger charge is -1.98. The molecule has 0 unspecified atom stereocenters. The van der Waals surface area contributed by atoms with Crippen molar-refractivity contribution in [2.45, 2.75) is 6.92 Å². The molecule has 0 N–H and O–H groups in total. The molecule has 0 spiro atoms. The first-order valence-electron chi connectivity index (χ1n) is 7.10. The van der Waals surface area contributed by atoms with Crippen LogP contribution >= 0.6 is 34.5 Å². The third-order valence-corrected chi connectivity index (χ3v) is 5.09. The van der Waals surface area contributed by atoms with Crippen molar-refractivity contribution in [3.63, 3.8) is 0 Å². The Labute approximate surface area is 153 Å². The second kappa shape index (κ2) is 7.26. The molecule has 120 valence electrons. The quantitative estimate of drug-likeness (QED) is 0.433. The van der Waals surface area contributed by atoms with E-state index in [1.54, 1.807) is 36.7 Å². The molecule has 0 saturated heterocycles. The molecule has 2 heterocycles. The predicted molar refractivity (Wildman–Crippen MR) is 99.9 cm³/mol. The van der Waals surface area contributed by atoms with Crippen LogP contribution in [0.25, 0.3) is 16.6 Å². The highest BCUT2D eigenvalue weighted by Crippen LogP contribution is 2.28. The smallest absolute Gasteiger partial charge is 0.197 e. The average Bonchev–Trinajstić information content (AvgIpc) is 2.96. The Kier molecular flexibility index (Phi) is 5.09. The van der Waals surface area contributed by atoms with Crippen molar-refractivity contribution in [3.05, 3.63) is 75.0 Å². The van der Waals surface area contributed by atoms with Crippen molar-refractivity contribution in [2.75, 3.05) is 0 Å². The summed E-state index contributed by atoms with van der Waals surface area (Å²) in [5, 5.41) is 1.84. The molecule has 2 aromatic heterocycles. The summed E-state index contributed by atoms with van der Waals surface area (Å²) in [5.74, 6) is -0.105. The number of aromatic nitrogens is 2. The molecule has 0 atom stereocenters. The molecule has 0 aliphatic rings. The second-order valence-corrected chi connectivity index (χ2v) is 6.88. The monoisotopic (exact) mass is 374 g/mol. The van der Waals surface area contributed by atoms with Crippen LogP contribution in [0.2, 0.25) is 10.0 Å². The van der Waals surface area contributed by atoms with Crippen molar-refractivity contribution in [1.29, 1.82) is 0 Å². The number of ketones is 1. The molecule has 6 heteroatoms. The topological polar surface area (TPSA) is 42.9 Å². The highest BCUT2D eigenvalue weighted by Gasteiger charge is 2.14. The van der Waals surface area contributed by atoms with Crippen molar-refractivity contribution < 1.29 is 4.79 Å². The fourth-order valence-corrected chi connectivity index (χ4v) is 3.56. The standard InChI is InChI=1S/C18H12Cl2N2OS/c1-11-17(24-18(22-11)13-3-2-8-21-10-13)16(23)7-5-12-4-6-14(19)9-15(12)20/h2-10H,1H3/b7-5+. The van der Waals surface area contributed by atoms with Gasteiger partial charge in [0.25, 0.3) is 0 Å². The fraction of sp³-hybridized carbons (Fsp3) is 0.0556. The van der Waals surface area contributed by atoms with Gasteiger partial charge in [0.05, 0.1) is 10.6 Å². The van der Waals surface area contributed by atoms with Crippen LogP contribution in [0.3, 0.4) is 0 Å². The van der Waals surface area contributed by atoms with E-state index in [1.165, 1.54) is 17.4 Å². The van der Waals surface area contributed by atoms with Gasteiger partial charge >= 0.3 is 0 Å². The minimum absolute atomic E-state index is 0.105. The Morgan fingerprint density at radius 1 is 1.25 bits per heavy atom. The Bertz CT molecular complexity index is 920. The SMILES string of the molecule is Cc1nc(-c2cccnc2)sc1C(=O)/C=C/c1ccc(Cl)cc1Cl. The van der Waals surface area contributed by atoms with Gasteiger partial charge in [-0.2, -0.15) is 0 Å². The van der Waals surface area contributed by atoms with E-state index in [1.807, 2.05) is 19.1 Å². The zero-order valence-corrected chi connectivity index (χ0v) is 15.0. The van der Waals surface area contributed by atoms with Gasteiger partial charge in [-0.15, -0.1) is 11.3 Å². The number of carbonyl (C=O) groups excluding carboxylic acids is 1. The van der Waals surface area contributed by atoms with Crippen LogP contribution in [-0.4, -0.2) is 15.8 Å². The lowest BCUT2D eigenvalue weighted by molar-refractivity contribution is 0.105. The van der Waals surface area contributed by atoms with Crippen LogP contribution in [-0.2, 0) is 0 Å². The molecule has 3 nitrogen and oxygen atoms in total. The largest absolute Gasteiger partial charge is 0.288 e. The zero-order valence-electron chi connectivity index (χ0n) is 12.7. The molecular formula is C18H12Cl2N2OS. The molecule has 24 heavy (non-hydrogen) atoms. The molecule has 0 aliphatic carbocycles. The molecule has 0 bridgehead atoms. The summed E-state index contributed by atoms with van der Waals surface area (Å²) < 4.78 is 0. The Hall–Kier alpha value is -2.01. The Morgan fingerprint density at radius 2 is 2.08 bits per heavy atom. The van der Waals surface area contributed by atoms with E-state index in [2.05, 4.69) is 9.97 Å². The number of pyridine rings is 1. The van der Waals surface area contributed by atoms with Crippen molar-refractivity contribution >= 4 is 46.4 Å². The molecule has 1 aromatic carbocycles. The van der Waals surface area contributed by atoms with E-state index < -0.39 is 0 Å². The number of carbonyl (C=O) groups is 1. The molecule has 3 aromatic rings. The summed E-state index contributed by atoms with van der Waals surface area (Å²) in [5.41, 5.74) is 2.34. The fourth-order valence-electron chi connectivity index (χ4n) is 2.12. The summed E-state index contributed by atoms with van der Waals surface area (Å²) in [6, 6.07) is 8.91. The molecular weight excluding hydrogens is 363 g/mol. The molecule has 0 radical (unpaired) electrons. The number of hydrogen-bond donors (Lipinski definition) is 0. The van der Waals surface area contributed by atoms with Crippen molar-refractivity contribution in [3.8, 4) is 10.6 Å². The molecule has 0 fully saturated rings. The number of benzene rings is 1. The maximum atomic E-state index is 12.5. The zero-order chi connectivity index (χ0) is 17.1. The summed E-state index contributed by atoms with van der Waals surface area (Å²) >= 11 is 13.3. The average molecular weight is 375 g/mol. The van der Waals surface area contributed by atoms with E-state index >= 15 is 0 Å². The van der Waals surface area contributed by atoms with E-state index in [0.29, 0.717) is 20.6 Å². The lowest BCUT2D eigenvalue weighted by atomic mass is 10.2. The predicted octanol–water partition coefficient (Wildman–Crippen LogP) is 5.72. The Balaban J connectivity index is 1.85. The van der Waals surface area contributed by atoms with E-state index in [0.717, 1.165) is 16.1 Å². The third kappa shape index (κ3) is 3.73. The number of nitrogens with zero attached hydrogens (tertiary/aromatic N) is 2. The van der Waals surface area contributed by atoms with Gasteiger partial charge in [-0.05, 0) is 48.9 Å². The third-order valence-electron chi connectivity index (χ3n) is 3.31. The molecule has 3 rings (SSSR count). The van der Waals surface area contributed by atoms with Gasteiger partial charge in [0.15, 0.2) is 5.78 Å². The highest BCUT2D eigenvalue weighted by molar-refractivity contribution is 7.17. The van der Waals surface area contributed by atoms with Crippen LogP contribution < -0.4 is 0 Å². The van der Waals surface area contributed by atoms with Crippen molar-refractivity contribution in [1.82, 2.24) is 9.97 Å².